The van der Waals surface area contributed by atoms with Gasteiger partial charge in [0.25, 0.3) is 0 Å². The summed E-state index contributed by atoms with van der Waals surface area (Å²) in [6.45, 7) is 2.04. The van der Waals surface area contributed by atoms with Crippen molar-refractivity contribution in [2.24, 2.45) is 5.41 Å². The molecule has 1 aliphatic heterocycles. The molecule has 4 heteroatoms. The van der Waals surface area contributed by atoms with Crippen molar-refractivity contribution in [3.63, 3.8) is 0 Å². The lowest BCUT2D eigenvalue weighted by Gasteiger charge is -2.27. The molecule has 1 aromatic carbocycles. The maximum atomic E-state index is 12.3. The molecule has 0 aromatic heterocycles. The van der Waals surface area contributed by atoms with Gasteiger partial charge in [-0.2, -0.15) is 0 Å². The van der Waals surface area contributed by atoms with Gasteiger partial charge in [0.05, 0.1) is 16.8 Å². The highest BCUT2D eigenvalue weighted by molar-refractivity contribution is 6.31. The van der Waals surface area contributed by atoms with E-state index in [9.17, 15) is 4.79 Å². The van der Waals surface area contributed by atoms with Crippen LogP contribution in [0.1, 0.15) is 26.2 Å². The van der Waals surface area contributed by atoms with Crippen LogP contribution >= 0.6 is 11.6 Å². The monoisotopic (exact) mass is 250 g/mol. The van der Waals surface area contributed by atoms with Crippen LogP contribution in [0.5, 0.6) is 0 Å². The first-order valence-corrected chi connectivity index (χ1v) is 6.35. The second kappa shape index (κ2) is 3.64. The molecule has 2 N–H and O–H groups in total. The molecule has 2 atom stereocenters. The summed E-state index contributed by atoms with van der Waals surface area (Å²) in [5.74, 6) is 0.119. The zero-order valence-electron chi connectivity index (χ0n) is 9.72. The number of carbonyl (C=O) groups excluding carboxylic acids is 1. The highest BCUT2D eigenvalue weighted by atomic mass is 35.5. The molecule has 0 radical (unpaired) electrons. The number of rotatable bonds is 0. The lowest BCUT2D eigenvalue weighted by atomic mass is 9.84. The van der Waals surface area contributed by atoms with E-state index in [1.54, 1.807) is 6.07 Å². The van der Waals surface area contributed by atoms with Gasteiger partial charge < -0.3 is 10.6 Å². The summed E-state index contributed by atoms with van der Waals surface area (Å²) in [5, 5.41) is 7.15. The molecule has 1 fully saturated rings. The Labute approximate surface area is 106 Å². The normalized spacial score (nSPS) is 30.9. The number of halogens is 1. The van der Waals surface area contributed by atoms with Crippen molar-refractivity contribution in [3.8, 4) is 0 Å². The number of amides is 1. The molecule has 1 amide bonds. The lowest BCUT2D eigenvalue weighted by Crippen LogP contribution is -2.41. The highest BCUT2D eigenvalue weighted by Crippen LogP contribution is 2.44. The Kier molecular flexibility index (Phi) is 2.33. The molecule has 1 saturated carbocycles. The number of nitrogens with one attached hydrogen (secondary N) is 2. The first-order chi connectivity index (χ1) is 8.09. The van der Waals surface area contributed by atoms with Crippen molar-refractivity contribution in [2.45, 2.75) is 32.2 Å². The number of anilines is 2. The summed E-state index contributed by atoms with van der Waals surface area (Å²) in [7, 11) is 0. The van der Waals surface area contributed by atoms with Crippen LogP contribution in [0.25, 0.3) is 0 Å². The smallest absolute Gasteiger partial charge is 0.232 e. The Morgan fingerprint density at radius 3 is 3.06 bits per heavy atom. The minimum absolute atomic E-state index is 0.119. The SMILES string of the molecule is CC12CCCC1Nc1cc(Cl)ccc1NC2=O. The minimum atomic E-state index is -0.300. The van der Waals surface area contributed by atoms with Crippen molar-refractivity contribution in [1.82, 2.24) is 0 Å². The van der Waals surface area contributed by atoms with E-state index in [-0.39, 0.29) is 17.4 Å². The summed E-state index contributed by atoms with van der Waals surface area (Å²) in [5.41, 5.74) is 1.46. The molecular weight excluding hydrogens is 236 g/mol. The molecule has 0 bridgehead atoms. The van der Waals surface area contributed by atoms with Gasteiger partial charge in [0.15, 0.2) is 0 Å². The van der Waals surface area contributed by atoms with E-state index in [2.05, 4.69) is 10.6 Å². The van der Waals surface area contributed by atoms with Gasteiger partial charge >= 0.3 is 0 Å². The van der Waals surface area contributed by atoms with E-state index in [0.717, 1.165) is 30.6 Å². The van der Waals surface area contributed by atoms with Crippen LogP contribution in [0.2, 0.25) is 5.02 Å². The maximum absolute atomic E-state index is 12.3. The van der Waals surface area contributed by atoms with E-state index in [1.807, 2.05) is 19.1 Å². The van der Waals surface area contributed by atoms with Gasteiger partial charge in [-0.05, 0) is 38.0 Å². The summed E-state index contributed by atoms with van der Waals surface area (Å²) in [4.78, 5) is 12.3. The highest BCUT2D eigenvalue weighted by Gasteiger charge is 2.46. The van der Waals surface area contributed by atoms with Gasteiger partial charge in [0.1, 0.15) is 0 Å². The number of benzene rings is 1. The average molecular weight is 251 g/mol. The number of hydrogen-bond acceptors (Lipinski definition) is 2. The lowest BCUT2D eigenvalue weighted by molar-refractivity contribution is -0.124. The van der Waals surface area contributed by atoms with Crippen LogP contribution < -0.4 is 10.6 Å². The van der Waals surface area contributed by atoms with E-state index >= 15 is 0 Å². The van der Waals surface area contributed by atoms with E-state index in [0.29, 0.717) is 5.02 Å². The average Bonchev–Trinajstić information content (AvgIpc) is 2.61. The van der Waals surface area contributed by atoms with Crippen molar-refractivity contribution < 1.29 is 4.79 Å². The topological polar surface area (TPSA) is 41.1 Å². The van der Waals surface area contributed by atoms with Crippen molar-refractivity contribution in [1.29, 1.82) is 0 Å². The van der Waals surface area contributed by atoms with Crippen LogP contribution in [0.3, 0.4) is 0 Å². The van der Waals surface area contributed by atoms with Crippen LogP contribution in [-0.4, -0.2) is 11.9 Å². The fourth-order valence-electron chi connectivity index (χ4n) is 2.87. The van der Waals surface area contributed by atoms with Gasteiger partial charge in [-0.1, -0.05) is 18.0 Å². The Morgan fingerprint density at radius 2 is 2.24 bits per heavy atom. The van der Waals surface area contributed by atoms with Gasteiger partial charge in [0.2, 0.25) is 5.91 Å². The fourth-order valence-corrected chi connectivity index (χ4v) is 3.04. The van der Waals surface area contributed by atoms with Gasteiger partial charge in [-0.15, -0.1) is 0 Å². The van der Waals surface area contributed by atoms with E-state index in [4.69, 9.17) is 11.6 Å². The molecule has 1 aromatic rings. The Hall–Kier alpha value is -1.22. The van der Waals surface area contributed by atoms with Crippen LogP contribution in [-0.2, 0) is 4.79 Å². The molecule has 3 nitrogen and oxygen atoms in total. The quantitative estimate of drug-likeness (QED) is 0.742. The molecule has 2 aliphatic rings. The van der Waals surface area contributed by atoms with Crippen LogP contribution in [0.4, 0.5) is 11.4 Å². The van der Waals surface area contributed by atoms with Gasteiger partial charge in [-0.3, -0.25) is 4.79 Å². The Balaban J connectivity index is 2.06. The van der Waals surface area contributed by atoms with E-state index in [1.165, 1.54) is 0 Å². The third-order valence-electron chi connectivity index (χ3n) is 4.04. The molecule has 3 rings (SSSR count). The molecule has 90 valence electrons. The summed E-state index contributed by atoms with van der Waals surface area (Å²) in [6, 6.07) is 5.74. The molecular formula is C13H15ClN2O. The molecule has 1 aliphatic carbocycles. The van der Waals surface area contributed by atoms with E-state index < -0.39 is 0 Å². The predicted octanol–water partition coefficient (Wildman–Crippen LogP) is 3.26. The zero-order chi connectivity index (χ0) is 12.0. The fraction of sp³-hybridized carbons (Fsp3) is 0.462. The number of fused-ring (bicyclic) bond motifs is 2. The maximum Gasteiger partial charge on any atom is 0.232 e. The standard InChI is InChI=1S/C13H15ClN2O/c1-13-6-2-3-11(13)15-10-7-8(14)4-5-9(10)16-12(13)17/h4-5,7,11,15H,2-3,6H2,1H3,(H,16,17). The number of hydrogen-bond donors (Lipinski definition) is 2. The van der Waals surface area contributed by atoms with Crippen molar-refractivity contribution in [3.05, 3.63) is 23.2 Å². The molecule has 0 spiro atoms. The zero-order valence-corrected chi connectivity index (χ0v) is 10.5. The van der Waals surface area contributed by atoms with Gasteiger partial charge in [-0.25, -0.2) is 0 Å². The molecule has 17 heavy (non-hydrogen) atoms. The first-order valence-electron chi connectivity index (χ1n) is 5.97. The Morgan fingerprint density at radius 1 is 1.41 bits per heavy atom. The summed E-state index contributed by atoms with van der Waals surface area (Å²) in [6.07, 6.45) is 3.07. The predicted molar refractivity (Wildman–Crippen MR) is 69.5 cm³/mol. The molecule has 1 heterocycles. The second-order valence-electron chi connectivity index (χ2n) is 5.15. The van der Waals surface area contributed by atoms with Crippen LogP contribution in [0.15, 0.2) is 18.2 Å². The third kappa shape index (κ3) is 1.61. The van der Waals surface area contributed by atoms with Gasteiger partial charge in [0, 0.05) is 11.1 Å². The summed E-state index contributed by atoms with van der Waals surface area (Å²) < 4.78 is 0. The molecule has 2 unspecified atom stereocenters. The molecule has 0 saturated heterocycles. The van der Waals surface area contributed by atoms with Crippen molar-refractivity contribution >= 4 is 28.9 Å². The Bertz CT molecular complexity index is 488. The largest absolute Gasteiger partial charge is 0.380 e. The number of carbonyl (C=O) groups is 1. The van der Waals surface area contributed by atoms with Crippen LogP contribution in [0, 0.1) is 5.41 Å². The summed E-state index contributed by atoms with van der Waals surface area (Å²) >= 11 is 5.99. The second-order valence-corrected chi connectivity index (χ2v) is 5.59. The minimum Gasteiger partial charge on any atom is -0.380 e. The van der Waals surface area contributed by atoms with Crippen molar-refractivity contribution in [2.75, 3.05) is 10.6 Å². The first kappa shape index (κ1) is 10.9. The third-order valence-corrected chi connectivity index (χ3v) is 4.27.